The Bertz CT molecular complexity index is 723. The highest BCUT2D eigenvalue weighted by molar-refractivity contribution is 5.36. The molecule has 0 saturated carbocycles. The highest BCUT2D eigenvalue weighted by atomic mass is 19.1. The molecule has 1 aliphatic carbocycles. The van der Waals surface area contributed by atoms with E-state index in [-0.39, 0.29) is 17.7 Å². The van der Waals surface area contributed by atoms with Crippen molar-refractivity contribution in [3.05, 3.63) is 65.2 Å². The number of hydrogen-bond acceptors (Lipinski definition) is 2. The molecule has 0 radical (unpaired) electrons. The first-order valence-corrected chi connectivity index (χ1v) is 9.11. The fourth-order valence-corrected chi connectivity index (χ4v) is 4.14. The molecule has 1 atom stereocenters. The van der Waals surface area contributed by atoms with Gasteiger partial charge in [-0.05, 0) is 67.1 Å². The van der Waals surface area contributed by atoms with Crippen LogP contribution < -0.4 is 4.74 Å². The van der Waals surface area contributed by atoms with Crippen molar-refractivity contribution in [2.75, 3.05) is 19.6 Å². The number of nitrogens with zero attached hydrogens (tertiary/aromatic N) is 1. The summed E-state index contributed by atoms with van der Waals surface area (Å²) in [5.41, 5.74) is 2.12. The summed E-state index contributed by atoms with van der Waals surface area (Å²) in [7, 11) is 0. The van der Waals surface area contributed by atoms with Crippen LogP contribution in [0.3, 0.4) is 0 Å². The van der Waals surface area contributed by atoms with Crippen LogP contribution in [-0.2, 0) is 6.42 Å². The van der Waals surface area contributed by atoms with Gasteiger partial charge in [-0.2, -0.15) is 0 Å². The van der Waals surface area contributed by atoms with Crippen LogP contribution in [0.25, 0.3) is 0 Å². The third-order valence-corrected chi connectivity index (χ3v) is 5.44. The summed E-state index contributed by atoms with van der Waals surface area (Å²) >= 11 is 0. The second-order valence-electron chi connectivity index (χ2n) is 7.12. The first kappa shape index (κ1) is 16.5. The Balaban J connectivity index is 1.31. The Morgan fingerprint density at radius 3 is 2.48 bits per heavy atom. The Hall–Kier alpha value is -1.94. The summed E-state index contributed by atoms with van der Waals surface area (Å²) in [6, 6.07) is 11.7. The maximum atomic E-state index is 14.2. The van der Waals surface area contributed by atoms with Crippen LogP contribution in [0.15, 0.2) is 42.5 Å². The van der Waals surface area contributed by atoms with Gasteiger partial charge in [0.25, 0.3) is 0 Å². The molecule has 4 heteroatoms. The minimum atomic E-state index is -0.244. The number of fused-ring (bicyclic) bond motifs is 1. The Kier molecular flexibility index (Phi) is 4.71. The van der Waals surface area contributed by atoms with Crippen molar-refractivity contribution in [2.45, 2.75) is 37.7 Å². The number of hydrogen-bond donors (Lipinski definition) is 0. The van der Waals surface area contributed by atoms with Gasteiger partial charge in [0.15, 0.2) is 0 Å². The van der Waals surface area contributed by atoms with Crippen molar-refractivity contribution in [2.24, 2.45) is 0 Å². The minimum absolute atomic E-state index is 0.0467. The molecule has 0 spiro atoms. The van der Waals surface area contributed by atoms with Gasteiger partial charge in [-0.25, -0.2) is 8.78 Å². The molecular weight excluding hydrogens is 320 g/mol. The lowest BCUT2D eigenvalue weighted by atomic mass is 9.98. The number of halogens is 2. The fraction of sp³-hybridized carbons (Fsp3) is 0.429. The maximum absolute atomic E-state index is 14.2. The molecule has 1 heterocycles. The minimum Gasteiger partial charge on any atom is -0.490 e. The molecule has 0 N–H and O–H groups in total. The zero-order valence-corrected chi connectivity index (χ0v) is 14.3. The second-order valence-corrected chi connectivity index (χ2v) is 7.12. The molecule has 0 aromatic heterocycles. The van der Waals surface area contributed by atoms with E-state index in [9.17, 15) is 8.78 Å². The van der Waals surface area contributed by atoms with Gasteiger partial charge in [-0.15, -0.1) is 0 Å². The van der Waals surface area contributed by atoms with Crippen molar-refractivity contribution in [3.8, 4) is 5.75 Å². The van der Waals surface area contributed by atoms with E-state index >= 15 is 0 Å². The first-order chi connectivity index (χ1) is 12.2. The molecule has 132 valence electrons. The fourth-order valence-electron chi connectivity index (χ4n) is 4.14. The van der Waals surface area contributed by atoms with Crippen LogP contribution in [0.4, 0.5) is 8.78 Å². The number of piperidine rings is 1. The van der Waals surface area contributed by atoms with Gasteiger partial charge >= 0.3 is 0 Å². The van der Waals surface area contributed by atoms with E-state index < -0.39 is 0 Å². The number of rotatable bonds is 4. The highest BCUT2D eigenvalue weighted by Crippen LogP contribution is 2.36. The molecule has 2 nitrogen and oxygen atoms in total. The van der Waals surface area contributed by atoms with E-state index in [0.717, 1.165) is 56.6 Å². The molecule has 2 aromatic rings. The topological polar surface area (TPSA) is 12.5 Å². The summed E-state index contributed by atoms with van der Waals surface area (Å²) in [5, 5.41) is 0. The first-order valence-electron chi connectivity index (χ1n) is 9.11. The molecule has 0 bridgehead atoms. The van der Waals surface area contributed by atoms with Crippen LogP contribution in [0.5, 0.6) is 5.75 Å². The third-order valence-electron chi connectivity index (χ3n) is 5.44. The molecule has 2 aliphatic rings. The van der Waals surface area contributed by atoms with Crippen LogP contribution in [-0.4, -0.2) is 30.6 Å². The number of likely N-dealkylation sites (tertiary alicyclic amines) is 1. The smallest absolute Gasteiger partial charge is 0.127 e. The summed E-state index contributed by atoms with van der Waals surface area (Å²) in [6.45, 7) is 2.86. The van der Waals surface area contributed by atoms with Gasteiger partial charge in [0.2, 0.25) is 0 Å². The SMILES string of the molecule is Fc1ccc(OC2CCN(CC3CCc4cccc(F)c43)CC2)cc1. The predicted octanol–water partition coefficient (Wildman–Crippen LogP) is 4.54. The van der Waals surface area contributed by atoms with Gasteiger partial charge < -0.3 is 9.64 Å². The predicted molar refractivity (Wildman–Crippen MR) is 94.0 cm³/mol. The van der Waals surface area contributed by atoms with Gasteiger partial charge in [-0.3, -0.25) is 0 Å². The lowest BCUT2D eigenvalue weighted by Crippen LogP contribution is -2.40. The zero-order chi connectivity index (χ0) is 17.2. The summed E-state index contributed by atoms with van der Waals surface area (Å²) in [6.07, 6.45) is 4.11. The van der Waals surface area contributed by atoms with E-state index in [1.165, 1.54) is 17.7 Å². The van der Waals surface area contributed by atoms with Crippen LogP contribution in [0.2, 0.25) is 0 Å². The number of ether oxygens (including phenoxy) is 1. The van der Waals surface area contributed by atoms with Crippen LogP contribution >= 0.6 is 0 Å². The number of benzene rings is 2. The Morgan fingerprint density at radius 1 is 0.960 bits per heavy atom. The lowest BCUT2D eigenvalue weighted by molar-refractivity contribution is 0.0967. The van der Waals surface area contributed by atoms with E-state index in [1.54, 1.807) is 18.2 Å². The van der Waals surface area contributed by atoms with Gasteiger partial charge in [0.1, 0.15) is 23.5 Å². The molecule has 1 saturated heterocycles. The van der Waals surface area contributed by atoms with E-state index in [0.29, 0.717) is 5.92 Å². The highest BCUT2D eigenvalue weighted by Gasteiger charge is 2.29. The average molecular weight is 343 g/mol. The second kappa shape index (κ2) is 7.12. The van der Waals surface area contributed by atoms with E-state index in [2.05, 4.69) is 11.0 Å². The number of aryl methyl sites for hydroxylation is 1. The zero-order valence-electron chi connectivity index (χ0n) is 14.3. The van der Waals surface area contributed by atoms with Crippen molar-refractivity contribution in [1.29, 1.82) is 0 Å². The molecule has 4 rings (SSSR count). The quantitative estimate of drug-likeness (QED) is 0.808. The van der Waals surface area contributed by atoms with E-state index in [4.69, 9.17) is 4.74 Å². The standard InChI is InChI=1S/C21H23F2NO/c22-17-6-8-18(9-7-17)25-19-10-12-24(13-11-19)14-16-5-4-15-2-1-3-20(23)21(15)16/h1-3,6-9,16,19H,4-5,10-14H2. The normalized spacial score (nSPS) is 21.3. The Morgan fingerprint density at radius 2 is 1.72 bits per heavy atom. The molecule has 1 aliphatic heterocycles. The van der Waals surface area contributed by atoms with Crippen molar-refractivity contribution >= 4 is 0 Å². The van der Waals surface area contributed by atoms with Crippen molar-refractivity contribution < 1.29 is 13.5 Å². The molecular formula is C21H23F2NO. The maximum Gasteiger partial charge on any atom is 0.127 e. The van der Waals surface area contributed by atoms with Gasteiger partial charge in [0.05, 0.1) is 0 Å². The largest absolute Gasteiger partial charge is 0.490 e. The molecule has 25 heavy (non-hydrogen) atoms. The monoisotopic (exact) mass is 343 g/mol. The van der Waals surface area contributed by atoms with Gasteiger partial charge in [0, 0.05) is 25.6 Å². The Labute approximate surface area is 147 Å². The summed E-state index contributed by atoms with van der Waals surface area (Å²) in [5.74, 6) is 0.748. The van der Waals surface area contributed by atoms with E-state index in [1.807, 2.05) is 6.07 Å². The van der Waals surface area contributed by atoms with Crippen molar-refractivity contribution in [1.82, 2.24) is 4.90 Å². The van der Waals surface area contributed by atoms with Gasteiger partial charge in [-0.1, -0.05) is 12.1 Å². The summed E-state index contributed by atoms with van der Waals surface area (Å²) < 4.78 is 33.1. The van der Waals surface area contributed by atoms with Crippen LogP contribution in [0.1, 0.15) is 36.3 Å². The molecule has 1 fully saturated rings. The molecule has 1 unspecified atom stereocenters. The molecule has 2 aromatic carbocycles. The summed E-state index contributed by atoms with van der Waals surface area (Å²) in [4.78, 5) is 2.43. The molecule has 0 amide bonds. The average Bonchev–Trinajstić information content (AvgIpc) is 3.03. The lowest BCUT2D eigenvalue weighted by Gasteiger charge is -2.33. The van der Waals surface area contributed by atoms with Crippen LogP contribution in [0, 0.1) is 11.6 Å². The van der Waals surface area contributed by atoms with Crippen molar-refractivity contribution in [3.63, 3.8) is 0 Å². The third kappa shape index (κ3) is 3.69.